The molecule has 1 amide bonds. The van der Waals surface area contributed by atoms with Gasteiger partial charge < -0.3 is 15.2 Å². The number of rotatable bonds is 8. The zero-order valence-electron chi connectivity index (χ0n) is 13.9. The van der Waals surface area contributed by atoms with Crippen LogP contribution in [-0.4, -0.2) is 24.1 Å². The van der Waals surface area contributed by atoms with E-state index < -0.39 is 17.8 Å². The number of carbonyl (C=O) groups excluding carboxylic acids is 1. The van der Waals surface area contributed by atoms with Gasteiger partial charge in [0.25, 0.3) is 0 Å². The molecule has 0 aliphatic carbocycles. The van der Waals surface area contributed by atoms with Crippen molar-refractivity contribution in [3.8, 4) is 5.75 Å². The van der Waals surface area contributed by atoms with Crippen LogP contribution >= 0.6 is 0 Å². The molecule has 2 N–H and O–H groups in total. The number of aliphatic carboxylic acids is 1. The van der Waals surface area contributed by atoms with Gasteiger partial charge in [-0.05, 0) is 41.8 Å². The quantitative estimate of drug-likeness (QED) is 0.771. The maximum atomic E-state index is 13.0. The molecule has 0 radical (unpaired) electrons. The lowest BCUT2D eigenvalue weighted by Gasteiger charge is -2.17. The average Bonchev–Trinajstić information content (AvgIpc) is 2.60. The van der Waals surface area contributed by atoms with Crippen molar-refractivity contribution in [2.75, 3.05) is 7.11 Å². The maximum absolute atomic E-state index is 13.0. The molecule has 0 aromatic heterocycles. The summed E-state index contributed by atoms with van der Waals surface area (Å²) in [6.45, 7) is 0. The summed E-state index contributed by atoms with van der Waals surface area (Å²) in [7, 11) is 1.57. The first-order chi connectivity index (χ1) is 12.0. The number of carboxylic acids is 1. The molecule has 0 heterocycles. The molecule has 0 saturated heterocycles. The fraction of sp³-hybridized carbons (Fsp3) is 0.263. The maximum Gasteiger partial charge on any atom is 0.305 e. The van der Waals surface area contributed by atoms with Gasteiger partial charge in [0.15, 0.2) is 0 Å². The highest BCUT2D eigenvalue weighted by Crippen LogP contribution is 2.18. The van der Waals surface area contributed by atoms with Gasteiger partial charge in [0.05, 0.1) is 19.6 Å². The number of nitrogens with one attached hydrogen (secondary N) is 1. The van der Waals surface area contributed by atoms with Crippen LogP contribution in [0.2, 0.25) is 0 Å². The van der Waals surface area contributed by atoms with Crippen LogP contribution in [0.5, 0.6) is 5.75 Å². The molecule has 0 aliphatic heterocycles. The fourth-order valence-corrected chi connectivity index (χ4v) is 2.47. The van der Waals surface area contributed by atoms with E-state index in [-0.39, 0.29) is 18.7 Å². The van der Waals surface area contributed by atoms with E-state index in [1.165, 1.54) is 24.3 Å². The molecule has 0 bridgehead atoms. The highest BCUT2D eigenvalue weighted by Gasteiger charge is 2.18. The Balaban J connectivity index is 1.98. The number of benzene rings is 2. The molecule has 1 atom stereocenters. The van der Waals surface area contributed by atoms with Gasteiger partial charge in [0.1, 0.15) is 11.6 Å². The minimum Gasteiger partial charge on any atom is -0.497 e. The van der Waals surface area contributed by atoms with Gasteiger partial charge in [-0.1, -0.05) is 24.3 Å². The molecule has 2 rings (SSSR count). The Morgan fingerprint density at radius 3 is 2.56 bits per heavy atom. The Kier molecular flexibility index (Phi) is 6.51. The summed E-state index contributed by atoms with van der Waals surface area (Å²) < 4.78 is 18.2. The number of carbonyl (C=O) groups is 2. The van der Waals surface area contributed by atoms with Crippen LogP contribution in [0.15, 0.2) is 48.5 Å². The molecule has 5 nitrogen and oxygen atoms in total. The molecule has 0 fully saturated rings. The van der Waals surface area contributed by atoms with Crippen LogP contribution in [-0.2, 0) is 16.0 Å². The zero-order chi connectivity index (χ0) is 18.2. The standard InChI is InChI=1S/C19H20FNO4/c1-25-16-4-2-3-13(11-16)5-10-18(22)21-17(12-19(23)24)14-6-8-15(20)9-7-14/h2-4,6-9,11,17H,5,10,12H2,1H3,(H,21,22)(H,23,24). The predicted molar refractivity (Wildman–Crippen MR) is 90.9 cm³/mol. The van der Waals surface area contributed by atoms with Crippen molar-refractivity contribution in [1.29, 1.82) is 0 Å². The van der Waals surface area contributed by atoms with Crippen molar-refractivity contribution >= 4 is 11.9 Å². The van der Waals surface area contributed by atoms with Crippen molar-refractivity contribution < 1.29 is 23.8 Å². The van der Waals surface area contributed by atoms with Crippen LogP contribution in [0.25, 0.3) is 0 Å². The summed E-state index contributed by atoms with van der Waals surface area (Å²) in [5.41, 5.74) is 1.50. The highest BCUT2D eigenvalue weighted by molar-refractivity contribution is 5.78. The topological polar surface area (TPSA) is 75.6 Å². The van der Waals surface area contributed by atoms with Crippen molar-refractivity contribution in [1.82, 2.24) is 5.32 Å². The summed E-state index contributed by atoms with van der Waals surface area (Å²) in [6, 6.07) is 12.2. The highest BCUT2D eigenvalue weighted by atomic mass is 19.1. The lowest BCUT2D eigenvalue weighted by molar-refractivity contribution is -0.137. The molecular weight excluding hydrogens is 325 g/mol. The predicted octanol–water partition coefficient (Wildman–Crippen LogP) is 3.10. The van der Waals surface area contributed by atoms with Crippen LogP contribution in [0, 0.1) is 5.82 Å². The first-order valence-electron chi connectivity index (χ1n) is 7.87. The van der Waals surface area contributed by atoms with Crippen molar-refractivity contribution in [3.63, 3.8) is 0 Å². The Bertz CT molecular complexity index is 730. The minimum atomic E-state index is -1.04. The largest absolute Gasteiger partial charge is 0.497 e. The van der Waals surface area contributed by atoms with E-state index >= 15 is 0 Å². The molecule has 2 aromatic rings. The third kappa shape index (κ3) is 5.91. The normalized spacial score (nSPS) is 11.6. The summed E-state index contributed by atoms with van der Waals surface area (Å²) in [6.07, 6.45) is 0.452. The second kappa shape index (κ2) is 8.82. The molecule has 0 aliphatic rings. The Morgan fingerprint density at radius 2 is 1.92 bits per heavy atom. The van der Waals surface area contributed by atoms with Crippen LogP contribution in [0.3, 0.4) is 0 Å². The second-order valence-electron chi connectivity index (χ2n) is 5.62. The molecule has 2 aromatic carbocycles. The lowest BCUT2D eigenvalue weighted by atomic mass is 10.0. The molecule has 132 valence electrons. The van der Waals surface area contributed by atoms with E-state index in [4.69, 9.17) is 9.84 Å². The smallest absolute Gasteiger partial charge is 0.305 e. The van der Waals surface area contributed by atoms with E-state index in [0.717, 1.165) is 5.56 Å². The molecular formula is C19H20FNO4. The van der Waals surface area contributed by atoms with Gasteiger partial charge in [-0.15, -0.1) is 0 Å². The number of methoxy groups -OCH3 is 1. The summed E-state index contributed by atoms with van der Waals surface area (Å²) in [5, 5.41) is 11.7. The monoisotopic (exact) mass is 345 g/mol. The Hall–Kier alpha value is -2.89. The number of ether oxygens (including phenoxy) is 1. The van der Waals surface area contributed by atoms with E-state index in [9.17, 15) is 14.0 Å². The number of hydrogen-bond donors (Lipinski definition) is 2. The Labute approximate surface area is 145 Å². The van der Waals surface area contributed by atoms with E-state index in [2.05, 4.69) is 5.32 Å². The summed E-state index contributed by atoms with van der Waals surface area (Å²) in [4.78, 5) is 23.2. The van der Waals surface area contributed by atoms with E-state index in [0.29, 0.717) is 17.7 Å². The number of carboxylic acid groups (broad SMARTS) is 1. The number of aryl methyl sites for hydroxylation is 1. The van der Waals surface area contributed by atoms with E-state index in [1.807, 2.05) is 24.3 Å². The van der Waals surface area contributed by atoms with Crippen molar-refractivity contribution in [2.24, 2.45) is 0 Å². The molecule has 25 heavy (non-hydrogen) atoms. The third-order valence-corrected chi connectivity index (χ3v) is 3.76. The minimum absolute atomic E-state index is 0.213. The van der Waals surface area contributed by atoms with Crippen molar-refractivity contribution in [3.05, 3.63) is 65.5 Å². The average molecular weight is 345 g/mol. The third-order valence-electron chi connectivity index (χ3n) is 3.76. The van der Waals surface area contributed by atoms with Crippen molar-refractivity contribution in [2.45, 2.75) is 25.3 Å². The van der Waals surface area contributed by atoms with Crippen LogP contribution in [0.1, 0.15) is 30.0 Å². The fourth-order valence-electron chi connectivity index (χ4n) is 2.47. The number of hydrogen-bond acceptors (Lipinski definition) is 3. The molecule has 0 saturated carbocycles. The first-order valence-corrected chi connectivity index (χ1v) is 7.87. The molecule has 0 spiro atoms. The first kappa shape index (κ1) is 18.4. The summed E-state index contributed by atoms with van der Waals surface area (Å²) in [5.74, 6) is -1.00. The molecule has 1 unspecified atom stereocenters. The number of amides is 1. The molecule has 6 heteroatoms. The Morgan fingerprint density at radius 1 is 1.20 bits per heavy atom. The SMILES string of the molecule is COc1cccc(CCC(=O)NC(CC(=O)O)c2ccc(F)cc2)c1. The van der Waals surface area contributed by atoms with Crippen LogP contribution in [0.4, 0.5) is 4.39 Å². The summed E-state index contributed by atoms with van der Waals surface area (Å²) >= 11 is 0. The van der Waals surface area contributed by atoms with Gasteiger partial charge in [-0.3, -0.25) is 9.59 Å². The zero-order valence-corrected chi connectivity index (χ0v) is 13.9. The van der Waals surface area contributed by atoms with Gasteiger partial charge in [-0.2, -0.15) is 0 Å². The lowest BCUT2D eigenvalue weighted by Crippen LogP contribution is -2.30. The van der Waals surface area contributed by atoms with Gasteiger partial charge in [0.2, 0.25) is 5.91 Å². The second-order valence-corrected chi connectivity index (χ2v) is 5.62. The number of halogens is 1. The van der Waals surface area contributed by atoms with Gasteiger partial charge in [-0.25, -0.2) is 4.39 Å². The van der Waals surface area contributed by atoms with Gasteiger partial charge >= 0.3 is 5.97 Å². The van der Waals surface area contributed by atoms with Crippen LogP contribution < -0.4 is 10.1 Å². The van der Waals surface area contributed by atoms with E-state index in [1.54, 1.807) is 7.11 Å². The van der Waals surface area contributed by atoms with Gasteiger partial charge in [0, 0.05) is 6.42 Å².